The lowest BCUT2D eigenvalue weighted by Crippen LogP contribution is -2.54. The van der Waals surface area contributed by atoms with Gasteiger partial charge in [-0.15, -0.1) is 0 Å². The molecule has 0 atom stereocenters. The molecule has 1 heterocycles. The number of pyridine rings is 1. The standard InChI is InChI=1S/C19H18NSi/c1-15-13-14-20-19(16(15)2)21(17-9-5-3-6-10-17)18-11-7-4-8-12-18/h3-14H,1-2H3. The van der Waals surface area contributed by atoms with Gasteiger partial charge in [0.05, 0.1) is 0 Å². The van der Waals surface area contributed by atoms with E-state index in [0.717, 1.165) is 0 Å². The Kier molecular flexibility index (Phi) is 3.98. The Morgan fingerprint density at radius 1 is 0.714 bits per heavy atom. The molecule has 103 valence electrons. The summed E-state index contributed by atoms with van der Waals surface area (Å²) in [5.74, 6) is 0. The summed E-state index contributed by atoms with van der Waals surface area (Å²) in [6.07, 6.45) is 1.94. The maximum Gasteiger partial charge on any atom is 0.179 e. The zero-order valence-corrected chi connectivity index (χ0v) is 13.4. The average molecular weight is 288 g/mol. The summed E-state index contributed by atoms with van der Waals surface area (Å²) in [5, 5.41) is 4.02. The van der Waals surface area contributed by atoms with Crippen LogP contribution in [0, 0.1) is 13.8 Å². The van der Waals surface area contributed by atoms with E-state index in [2.05, 4.69) is 80.6 Å². The van der Waals surface area contributed by atoms with Crippen molar-refractivity contribution in [2.24, 2.45) is 0 Å². The van der Waals surface area contributed by atoms with Gasteiger partial charge in [0.15, 0.2) is 8.80 Å². The van der Waals surface area contributed by atoms with Gasteiger partial charge in [-0.05, 0) is 41.4 Å². The Labute approximate surface area is 127 Å². The van der Waals surface area contributed by atoms with Crippen LogP contribution in [-0.2, 0) is 0 Å². The third-order valence-corrected chi connectivity index (χ3v) is 6.64. The van der Waals surface area contributed by atoms with Crippen LogP contribution in [0.2, 0.25) is 0 Å². The zero-order chi connectivity index (χ0) is 14.7. The number of rotatable bonds is 3. The fourth-order valence-corrected chi connectivity index (χ4v) is 5.24. The molecule has 3 rings (SSSR count). The van der Waals surface area contributed by atoms with Crippen LogP contribution in [-0.4, -0.2) is 13.8 Å². The van der Waals surface area contributed by atoms with E-state index < -0.39 is 8.80 Å². The van der Waals surface area contributed by atoms with Gasteiger partial charge in [-0.2, -0.15) is 0 Å². The maximum absolute atomic E-state index is 4.74. The second kappa shape index (κ2) is 6.06. The van der Waals surface area contributed by atoms with E-state index in [4.69, 9.17) is 4.98 Å². The van der Waals surface area contributed by atoms with Crippen LogP contribution in [0.3, 0.4) is 0 Å². The van der Waals surface area contributed by atoms with Crippen molar-refractivity contribution >= 4 is 24.5 Å². The van der Waals surface area contributed by atoms with Crippen molar-refractivity contribution in [3.05, 3.63) is 84.1 Å². The van der Waals surface area contributed by atoms with Gasteiger partial charge < -0.3 is 0 Å². The van der Waals surface area contributed by atoms with Gasteiger partial charge in [-0.3, -0.25) is 4.98 Å². The molecule has 0 unspecified atom stereocenters. The van der Waals surface area contributed by atoms with Gasteiger partial charge in [0.25, 0.3) is 0 Å². The van der Waals surface area contributed by atoms with Gasteiger partial charge in [-0.25, -0.2) is 0 Å². The van der Waals surface area contributed by atoms with Crippen molar-refractivity contribution in [2.45, 2.75) is 13.8 Å². The summed E-state index contributed by atoms with van der Waals surface area (Å²) >= 11 is 0. The topological polar surface area (TPSA) is 12.9 Å². The Hall–Kier alpha value is -2.19. The summed E-state index contributed by atoms with van der Waals surface area (Å²) in [4.78, 5) is 4.74. The quantitative estimate of drug-likeness (QED) is 0.674. The molecule has 0 aliphatic rings. The fourth-order valence-electron chi connectivity index (χ4n) is 2.53. The van der Waals surface area contributed by atoms with Gasteiger partial charge in [0.2, 0.25) is 0 Å². The van der Waals surface area contributed by atoms with Gasteiger partial charge in [0.1, 0.15) is 0 Å². The molecule has 3 aromatic rings. The highest BCUT2D eigenvalue weighted by Crippen LogP contribution is 2.03. The minimum absolute atomic E-state index is 1.04. The molecule has 21 heavy (non-hydrogen) atoms. The summed E-state index contributed by atoms with van der Waals surface area (Å²) in [6, 6.07) is 23.6. The second-order valence-corrected chi connectivity index (χ2v) is 7.59. The van der Waals surface area contributed by atoms with Gasteiger partial charge in [0, 0.05) is 11.5 Å². The fraction of sp³-hybridized carbons (Fsp3) is 0.105. The van der Waals surface area contributed by atoms with E-state index in [0.29, 0.717) is 0 Å². The average Bonchev–Trinajstić information content (AvgIpc) is 2.54. The highest BCUT2D eigenvalue weighted by molar-refractivity contribution is 6.95. The Balaban J connectivity index is 2.20. The monoisotopic (exact) mass is 288 g/mol. The molecule has 0 N–H and O–H groups in total. The smallest absolute Gasteiger partial charge is 0.179 e. The first-order chi connectivity index (χ1) is 10.3. The molecule has 1 nitrogen and oxygen atoms in total. The lowest BCUT2D eigenvalue weighted by Gasteiger charge is -2.18. The predicted molar refractivity (Wildman–Crippen MR) is 91.3 cm³/mol. The van der Waals surface area contributed by atoms with E-state index in [9.17, 15) is 0 Å². The van der Waals surface area contributed by atoms with Gasteiger partial charge in [-0.1, -0.05) is 60.7 Å². The molecule has 0 aliphatic carbocycles. The number of nitrogens with zero attached hydrogens (tertiary/aromatic N) is 1. The molecule has 0 bridgehead atoms. The normalized spacial score (nSPS) is 10.8. The number of hydrogen-bond donors (Lipinski definition) is 0. The molecule has 0 fully saturated rings. The molecule has 0 amide bonds. The summed E-state index contributed by atoms with van der Waals surface area (Å²) in [7, 11) is -1.04. The van der Waals surface area contributed by atoms with E-state index in [1.807, 2.05) is 6.20 Å². The lowest BCUT2D eigenvalue weighted by atomic mass is 10.2. The first kappa shape index (κ1) is 13.8. The van der Waals surface area contributed by atoms with E-state index in [-0.39, 0.29) is 0 Å². The SMILES string of the molecule is Cc1ccnc([Si](c2ccccc2)c2ccccc2)c1C. The highest BCUT2D eigenvalue weighted by atomic mass is 28.3. The summed E-state index contributed by atoms with van der Waals surface area (Å²) < 4.78 is 0. The van der Waals surface area contributed by atoms with Crippen LogP contribution in [0.25, 0.3) is 0 Å². The molecule has 0 spiro atoms. The number of aryl methyl sites for hydroxylation is 1. The highest BCUT2D eigenvalue weighted by Gasteiger charge is 2.22. The minimum Gasteiger partial charge on any atom is -0.265 e. The zero-order valence-electron chi connectivity index (χ0n) is 12.4. The van der Waals surface area contributed by atoms with Crippen molar-refractivity contribution < 1.29 is 0 Å². The van der Waals surface area contributed by atoms with Crippen molar-refractivity contribution in [2.75, 3.05) is 0 Å². The second-order valence-electron chi connectivity index (χ2n) is 5.21. The lowest BCUT2D eigenvalue weighted by molar-refractivity contribution is 1.26. The molecule has 2 aromatic carbocycles. The third kappa shape index (κ3) is 2.81. The van der Waals surface area contributed by atoms with Crippen molar-refractivity contribution in [1.82, 2.24) is 4.98 Å². The summed E-state index contributed by atoms with van der Waals surface area (Å²) in [6.45, 7) is 4.35. The predicted octanol–water partition coefficient (Wildman–Crippen LogP) is 2.21. The van der Waals surface area contributed by atoms with Crippen LogP contribution >= 0.6 is 0 Å². The molecule has 1 radical (unpaired) electrons. The number of aromatic nitrogens is 1. The van der Waals surface area contributed by atoms with Crippen molar-refractivity contribution in [3.8, 4) is 0 Å². The van der Waals surface area contributed by atoms with Gasteiger partial charge >= 0.3 is 0 Å². The molecular weight excluding hydrogens is 270 g/mol. The minimum atomic E-state index is -1.04. The first-order valence-corrected chi connectivity index (χ1v) is 8.68. The third-order valence-electron chi connectivity index (χ3n) is 3.84. The summed E-state index contributed by atoms with van der Waals surface area (Å²) in [5.41, 5.74) is 2.63. The Bertz CT molecular complexity index is 684. The van der Waals surface area contributed by atoms with Crippen LogP contribution in [0.15, 0.2) is 72.9 Å². The van der Waals surface area contributed by atoms with E-state index >= 15 is 0 Å². The molecule has 0 aliphatic heterocycles. The Morgan fingerprint density at radius 3 is 1.76 bits per heavy atom. The maximum atomic E-state index is 4.74. The van der Waals surface area contributed by atoms with Crippen LogP contribution in [0.4, 0.5) is 0 Å². The van der Waals surface area contributed by atoms with Crippen molar-refractivity contribution in [1.29, 1.82) is 0 Å². The van der Waals surface area contributed by atoms with Crippen LogP contribution in [0.1, 0.15) is 11.1 Å². The largest absolute Gasteiger partial charge is 0.265 e. The molecule has 0 saturated heterocycles. The Morgan fingerprint density at radius 2 is 1.24 bits per heavy atom. The number of benzene rings is 2. The van der Waals surface area contributed by atoms with E-state index in [1.54, 1.807) is 0 Å². The molecule has 2 heteroatoms. The van der Waals surface area contributed by atoms with E-state index in [1.165, 1.54) is 26.8 Å². The molecule has 1 aromatic heterocycles. The number of hydrogen-bond acceptors (Lipinski definition) is 1. The molecular formula is C19H18NSi. The van der Waals surface area contributed by atoms with Crippen LogP contribution < -0.4 is 15.7 Å². The van der Waals surface area contributed by atoms with Crippen LogP contribution in [0.5, 0.6) is 0 Å². The van der Waals surface area contributed by atoms with Crippen molar-refractivity contribution in [3.63, 3.8) is 0 Å². The first-order valence-electron chi connectivity index (χ1n) is 7.18. The molecule has 0 saturated carbocycles.